The topological polar surface area (TPSA) is 37.8 Å². The summed E-state index contributed by atoms with van der Waals surface area (Å²) in [5, 5.41) is 3.43. The van der Waals surface area contributed by atoms with Gasteiger partial charge in [0.05, 0.1) is 5.69 Å². The second kappa shape index (κ2) is 5.81. The van der Waals surface area contributed by atoms with Crippen LogP contribution in [-0.2, 0) is 6.54 Å². The summed E-state index contributed by atoms with van der Waals surface area (Å²) >= 11 is 0. The molecule has 0 atom stereocenters. The van der Waals surface area contributed by atoms with E-state index >= 15 is 0 Å². The molecular formula is C12H19N3. The summed E-state index contributed by atoms with van der Waals surface area (Å²) in [6.07, 6.45) is 12.3. The second-order valence-electron chi connectivity index (χ2n) is 4.31. The molecule has 0 aliphatic heterocycles. The summed E-state index contributed by atoms with van der Waals surface area (Å²) in [4.78, 5) is 8.26. The largest absolute Gasteiger partial charge is 0.311 e. The minimum absolute atomic E-state index is 0.848. The smallest absolute Gasteiger partial charge is 0.0724 e. The number of nitrogens with zero attached hydrogens (tertiary/aromatic N) is 2. The molecule has 3 heteroatoms. The van der Waals surface area contributed by atoms with Crippen molar-refractivity contribution in [3.8, 4) is 0 Å². The number of hydrogen-bond acceptors (Lipinski definition) is 3. The van der Waals surface area contributed by atoms with Crippen LogP contribution < -0.4 is 5.32 Å². The van der Waals surface area contributed by atoms with E-state index in [0.717, 1.165) is 24.7 Å². The molecule has 0 bridgehead atoms. The molecule has 1 saturated carbocycles. The fourth-order valence-electron chi connectivity index (χ4n) is 2.24. The second-order valence-corrected chi connectivity index (χ2v) is 4.31. The van der Waals surface area contributed by atoms with Crippen molar-refractivity contribution in [2.75, 3.05) is 6.54 Å². The molecule has 0 saturated heterocycles. The van der Waals surface area contributed by atoms with Crippen LogP contribution in [0, 0.1) is 5.92 Å². The van der Waals surface area contributed by atoms with Crippen molar-refractivity contribution in [1.29, 1.82) is 0 Å². The Morgan fingerprint density at radius 2 is 2.13 bits per heavy atom. The Kier molecular flexibility index (Phi) is 4.09. The first kappa shape index (κ1) is 10.6. The number of aromatic nitrogens is 2. The van der Waals surface area contributed by atoms with Crippen molar-refractivity contribution >= 4 is 0 Å². The van der Waals surface area contributed by atoms with Crippen LogP contribution in [0.2, 0.25) is 0 Å². The molecule has 1 N–H and O–H groups in total. The number of hydrogen-bond donors (Lipinski definition) is 1. The Morgan fingerprint density at radius 1 is 1.27 bits per heavy atom. The Bertz CT molecular complexity index is 267. The maximum Gasteiger partial charge on any atom is 0.0724 e. The van der Waals surface area contributed by atoms with Gasteiger partial charge in [-0.1, -0.05) is 25.7 Å². The van der Waals surface area contributed by atoms with Crippen LogP contribution in [0.1, 0.15) is 37.8 Å². The van der Waals surface area contributed by atoms with Crippen LogP contribution in [0.25, 0.3) is 0 Å². The predicted octanol–water partition coefficient (Wildman–Crippen LogP) is 2.15. The van der Waals surface area contributed by atoms with Crippen molar-refractivity contribution in [3.05, 3.63) is 24.3 Å². The molecule has 1 aliphatic carbocycles. The molecule has 1 aromatic heterocycles. The number of nitrogens with one attached hydrogen (secondary N) is 1. The van der Waals surface area contributed by atoms with Crippen molar-refractivity contribution in [3.63, 3.8) is 0 Å². The Labute approximate surface area is 91.3 Å². The molecule has 0 unspecified atom stereocenters. The zero-order valence-corrected chi connectivity index (χ0v) is 9.15. The van der Waals surface area contributed by atoms with E-state index in [1.165, 1.54) is 32.1 Å². The van der Waals surface area contributed by atoms with Crippen molar-refractivity contribution < 1.29 is 0 Å². The third-order valence-electron chi connectivity index (χ3n) is 3.13. The maximum atomic E-state index is 4.22. The van der Waals surface area contributed by atoms with E-state index in [9.17, 15) is 0 Å². The molecule has 3 nitrogen and oxygen atoms in total. The molecule has 0 spiro atoms. The summed E-state index contributed by atoms with van der Waals surface area (Å²) in [5.74, 6) is 0.972. The van der Waals surface area contributed by atoms with Gasteiger partial charge in [-0.2, -0.15) is 0 Å². The average Bonchev–Trinajstić information content (AvgIpc) is 2.79. The highest BCUT2D eigenvalue weighted by Crippen LogP contribution is 2.26. The van der Waals surface area contributed by atoms with Crippen LogP contribution >= 0.6 is 0 Å². The molecular weight excluding hydrogens is 186 g/mol. The van der Waals surface area contributed by atoms with Gasteiger partial charge in [-0.25, -0.2) is 0 Å². The van der Waals surface area contributed by atoms with Gasteiger partial charge in [0, 0.05) is 25.1 Å². The molecule has 15 heavy (non-hydrogen) atoms. The Balaban J connectivity index is 1.59. The van der Waals surface area contributed by atoms with Gasteiger partial charge < -0.3 is 5.32 Å². The van der Waals surface area contributed by atoms with Gasteiger partial charge in [-0.3, -0.25) is 9.97 Å². The molecule has 0 amide bonds. The molecule has 1 heterocycles. The average molecular weight is 205 g/mol. The van der Waals surface area contributed by atoms with E-state index in [1.807, 2.05) is 6.20 Å². The highest BCUT2D eigenvalue weighted by molar-refractivity contribution is 4.93. The first-order valence-electron chi connectivity index (χ1n) is 5.91. The summed E-state index contributed by atoms with van der Waals surface area (Å²) < 4.78 is 0. The molecule has 82 valence electrons. The minimum atomic E-state index is 0.848. The van der Waals surface area contributed by atoms with Gasteiger partial charge in [0.2, 0.25) is 0 Å². The van der Waals surface area contributed by atoms with Gasteiger partial charge in [-0.15, -0.1) is 0 Å². The van der Waals surface area contributed by atoms with Crippen LogP contribution in [-0.4, -0.2) is 16.5 Å². The van der Waals surface area contributed by atoms with Crippen LogP contribution in [0.3, 0.4) is 0 Å². The Morgan fingerprint density at radius 3 is 2.87 bits per heavy atom. The van der Waals surface area contributed by atoms with Crippen molar-refractivity contribution in [2.45, 2.75) is 38.6 Å². The first-order valence-corrected chi connectivity index (χ1v) is 5.91. The molecule has 1 aromatic rings. The lowest BCUT2D eigenvalue weighted by Crippen LogP contribution is -2.17. The van der Waals surface area contributed by atoms with Crippen LogP contribution in [0.15, 0.2) is 18.6 Å². The summed E-state index contributed by atoms with van der Waals surface area (Å²) in [6, 6.07) is 0. The predicted molar refractivity (Wildman–Crippen MR) is 60.3 cm³/mol. The lowest BCUT2D eigenvalue weighted by atomic mass is 10.0. The lowest BCUT2D eigenvalue weighted by Gasteiger charge is -2.09. The molecule has 2 rings (SSSR count). The van der Waals surface area contributed by atoms with E-state index in [0.29, 0.717) is 0 Å². The molecule has 0 radical (unpaired) electrons. The molecule has 0 aromatic carbocycles. The van der Waals surface area contributed by atoms with Crippen molar-refractivity contribution in [1.82, 2.24) is 15.3 Å². The highest BCUT2D eigenvalue weighted by Gasteiger charge is 2.13. The van der Waals surface area contributed by atoms with Gasteiger partial charge in [0.15, 0.2) is 0 Å². The molecule has 1 fully saturated rings. The van der Waals surface area contributed by atoms with Gasteiger partial charge in [0.25, 0.3) is 0 Å². The quantitative estimate of drug-likeness (QED) is 0.748. The van der Waals surface area contributed by atoms with E-state index in [4.69, 9.17) is 0 Å². The zero-order valence-electron chi connectivity index (χ0n) is 9.15. The third-order valence-corrected chi connectivity index (χ3v) is 3.13. The van der Waals surface area contributed by atoms with E-state index < -0.39 is 0 Å². The van der Waals surface area contributed by atoms with Gasteiger partial charge in [-0.05, 0) is 18.9 Å². The first-order chi connectivity index (χ1) is 7.45. The maximum absolute atomic E-state index is 4.22. The van der Waals surface area contributed by atoms with Gasteiger partial charge in [0.1, 0.15) is 0 Å². The van der Waals surface area contributed by atoms with Crippen LogP contribution in [0.5, 0.6) is 0 Å². The Hall–Kier alpha value is -0.960. The molecule has 1 aliphatic rings. The normalized spacial score (nSPS) is 17.1. The minimum Gasteiger partial charge on any atom is -0.311 e. The van der Waals surface area contributed by atoms with Crippen LogP contribution in [0.4, 0.5) is 0 Å². The fourth-order valence-corrected chi connectivity index (χ4v) is 2.24. The lowest BCUT2D eigenvalue weighted by molar-refractivity contribution is 0.476. The summed E-state index contributed by atoms with van der Waals surface area (Å²) in [6.45, 7) is 1.96. The van der Waals surface area contributed by atoms with E-state index in [2.05, 4.69) is 15.3 Å². The monoisotopic (exact) mass is 205 g/mol. The summed E-state index contributed by atoms with van der Waals surface area (Å²) in [5.41, 5.74) is 1.03. The summed E-state index contributed by atoms with van der Waals surface area (Å²) in [7, 11) is 0. The fraction of sp³-hybridized carbons (Fsp3) is 0.667. The SMILES string of the molecule is c1cnc(CNCCC2CCCC2)cn1. The highest BCUT2D eigenvalue weighted by atomic mass is 14.9. The van der Waals surface area contributed by atoms with E-state index in [-0.39, 0.29) is 0 Å². The van der Waals surface area contributed by atoms with Crippen molar-refractivity contribution in [2.24, 2.45) is 5.92 Å². The standard InChI is InChI=1S/C12H19N3/c1-2-4-11(3-1)5-6-13-9-12-10-14-7-8-15-12/h7-8,10-11,13H,1-6,9H2. The third kappa shape index (κ3) is 3.59. The van der Waals surface area contributed by atoms with E-state index in [1.54, 1.807) is 12.4 Å². The zero-order chi connectivity index (χ0) is 10.3. The van der Waals surface area contributed by atoms with Gasteiger partial charge >= 0.3 is 0 Å². The number of rotatable bonds is 5.